The smallest absolute Gasteiger partial charge is 0.272 e. The van der Waals surface area contributed by atoms with Gasteiger partial charge in [0, 0.05) is 54.9 Å². The van der Waals surface area contributed by atoms with Gasteiger partial charge >= 0.3 is 0 Å². The number of rotatable bonds is 6. The molecular formula is C20H24N8O. The molecule has 29 heavy (non-hydrogen) atoms. The van der Waals surface area contributed by atoms with Crippen LogP contribution in [0.3, 0.4) is 0 Å². The lowest BCUT2D eigenvalue weighted by Gasteiger charge is -2.05. The Kier molecular flexibility index (Phi) is 4.87. The van der Waals surface area contributed by atoms with E-state index in [-0.39, 0.29) is 5.91 Å². The fourth-order valence-corrected chi connectivity index (χ4v) is 3.39. The molecule has 4 aromatic rings. The lowest BCUT2D eigenvalue weighted by Crippen LogP contribution is -2.23. The first-order valence-electron chi connectivity index (χ1n) is 9.70. The molecule has 0 spiro atoms. The summed E-state index contributed by atoms with van der Waals surface area (Å²) in [5.41, 5.74) is 5.71. The summed E-state index contributed by atoms with van der Waals surface area (Å²) in [5, 5.41) is 16.2. The summed E-state index contributed by atoms with van der Waals surface area (Å²) in [6.07, 6.45) is 5.50. The first-order chi connectivity index (χ1) is 14.0. The molecule has 4 heterocycles. The number of aryl methyl sites for hydroxylation is 3. The molecular weight excluding hydrogens is 368 g/mol. The van der Waals surface area contributed by atoms with Crippen molar-refractivity contribution in [1.82, 2.24) is 39.5 Å². The summed E-state index contributed by atoms with van der Waals surface area (Å²) in [6.45, 7) is 10.0. The Balaban J connectivity index is 1.61. The van der Waals surface area contributed by atoms with Crippen molar-refractivity contribution in [1.29, 1.82) is 0 Å². The molecule has 4 aromatic heterocycles. The van der Waals surface area contributed by atoms with Crippen LogP contribution in [0.25, 0.3) is 16.9 Å². The van der Waals surface area contributed by atoms with Gasteiger partial charge in [-0.2, -0.15) is 15.3 Å². The van der Waals surface area contributed by atoms with Gasteiger partial charge in [-0.15, -0.1) is 0 Å². The third-order valence-corrected chi connectivity index (χ3v) is 5.08. The van der Waals surface area contributed by atoms with E-state index in [1.54, 1.807) is 16.8 Å². The minimum absolute atomic E-state index is 0.244. The van der Waals surface area contributed by atoms with Gasteiger partial charge in [0.1, 0.15) is 0 Å². The Morgan fingerprint density at radius 3 is 2.69 bits per heavy atom. The summed E-state index contributed by atoms with van der Waals surface area (Å²) < 4.78 is 5.48. The second kappa shape index (κ2) is 7.50. The lowest BCUT2D eigenvalue weighted by molar-refractivity contribution is 0.0945. The summed E-state index contributed by atoms with van der Waals surface area (Å²) in [6, 6.07) is 3.58. The highest BCUT2D eigenvalue weighted by Gasteiger charge is 2.17. The van der Waals surface area contributed by atoms with Gasteiger partial charge in [-0.05, 0) is 33.8 Å². The standard InChI is InChI=1S/C20H24N8O/c1-5-26-12-15(13(3)24-26)10-22-20(29)17-9-19-21-8-7-18(28(19)25-17)16-11-23-27(6-2)14(16)4/h7-9,11-12H,5-6,10H2,1-4H3,(H,22,29). The molecule has 9 nitrogen and oxygen atoms in total. The largest absolute Gasteiger partial charge is 0.346 e. The molecule has 0 bridgehead atoms. The number of hydrogen-bond acceptors (Lipinski definition) is 5. The molecule has 0 unspecified atom stereocenters. The Labute approximate surface area is 168 Å². The summed E-state index contributed by atoms with van der Waals surface area (Å²) in [4.78, 5) is 17.0. The van der Waals surface area contributed by atoms with E-state index in [1.165, 1.54) is 0 Å². The van der Waals surface area contributed by atoms with Gasteiger partial charge in [0.2, 0.25) is 0 Å². The van der Waals surface area contributed by atoms with Gasteiger partial charge in [0.25, 0.3) is 5.91 Å². The summed E-state index contributed by atoms with van der Waals surface area (Å²) >= 11 is 0. The van der Waals surface area contributed by atoms with Crippen LogP contribution in [0.4, 0.5) is 0 Å². The summed E-state index contributed by atoms with van der Waals surface area (Å²) in [5.74, 6) is -0.244. The topological polar surface area (TPSA) is 94.9 Å². The van der Waals surface area contributed by atoms with Crippen LogP contribution in [-0.2, 0) is 19.6 Å². The number of amides is 1. The van der Waals surface area contributed by atoms with Gasteiger partial charge in [-0.1, -0.05) is 0 Å². The number of carbonyl (C=O) groups excluding carboxylic acids is 1. The highest BCUT2D eigenvalue weighted by Crippen LogP contribution is 2.23. The van der Waals surface area contributed by atoms with Crippen LogP contribution < -0.4 is 5.32 Å². The van der Waals surface area contributed by atoms with Crippen LogP contribution in [0.5, 0.6) is 0 Å². The predicted molar refractivity (Wildman–Crippen MR) is 108 cm³/mol. The number of nitrogens with zero attached hydrogens (tertiary/aromatic N) is 7. The van der Waals surface area contributed by atoms with E-state index >= 15 is 0 Å². The Morgan fingerprint density at radius 1 is 1.17 bits per heavy atom. The molecule has 9 heteroatoms. The van der Waals surface area contributed by atoms with E-state index < -0.39 is 0 Å². The van der Waals surface area contributed by atoms with Crippen molar-refractivity contribution >= 4 is 11.6 Å². The maximum Gasteiger partial charge on any atom is 0.272 e. The first kappa shape index (κ1) is 18.9. The fraction of sp³-hybridized carbons (Fsp3) is 0.350. The van der Waals surface area contributed by atoms with Gasteiger partial charge in [-0.3, -0.25) is 14.2 Å². The molecule has 150 valence electrons. The number of aromatic nitrogens is 7. The number of nitrogens with one attached hydrogen (secondary N) is 1. The van der Waals surface area contributed by atoms with Crippen LogP contribution in [0.2, 0.25) is 0 Å². The zero-order valence-corrected chi connectivity index (χ0v) is 17.0. The van der Waals surface area contributed by atoms with Crippen molar-refractivity contribution in [3.05, 3.63) is 53.4 Å². The van der Waals surface area contributed by atoms with Crippen molar-refractivity contribution < 1.29 is 4.79 Å². The Bertz CT molecular complexity index is 1180. The van der Waals surface area contributed by atoms with E-state index in [0.717, 1.165) is 41.3 Å². The highest BCUT2D eigenvalue weighted by molar-refractivity contribution is 5.93. The molecule has 0 saturated carbocycles. The van der Waals surface area contributed by atoms with E-state index in [2.05, 4.69) is 25.6 Å². The molecule has 0 aliphatic heterocycles. The molecule has 1 amide bonds. The maximum atomic E-state index is 12.7. The number of hydrogen-bond donors (Lipinski definition) is 1. The third-order valence-electron chi connectivity index (χ3n) is 5.08. The van der Waals surface area contributed by atoms with Gasteiger partial charge in [0.05, 0.1) is 17.6 Å². The molecule has 0 aliphatic rings. The van der Waals surface area contributed by atoms with Crippen molar-refractivity contribution in [2.24, 2.45) is 0 Å². The first-order valence-corrected chi connectivity index (χ1v) is 9.70. The van der Waals surface area contributed by atoms with Crippen LogP contribution >= 0.6 is 0 Å². The molecule has 0 aromatic carbocycles. The van der Waals surface area contributed by atoms with E-state index in [0.29, 0.717) is 17.9 Å². The van der Waals surface area contributed by atoms with Crippen molar-refractivity contribution in [3.63, 3.8) is 0 Å². The van der Waals surface area contributed by atoms with Crippen LogP contribution in [0.1, 0.15) is 41.3 Å². The van der Waals surface area contributed by atoms with Crippen LogP contribution in [0.15, 0.2) is 30.7 Å². The minimum Gasteiger partial charge on any atom is -0.346 e. The quantitative estimate of drug-likeness (QED) is 0.544. The van der Waals surface area contributed by atoms with Gasteiger partial charge in [-0.25, -0.2) is 9.50 Å². The molecule has 0 fully saturated rings. The average Bonchev–Trinajstić information content (AvgIpc) is 3.42. The van der Waals surface area contributed by atoms with E-state index in [4.69, 9.17) is 0 Å². The normalized spacial score (nSPS) is 11.3. The molecule has 0 aliphatic carbocycles. The fourth-order valence-electron chi connectivity index (χ4n) is 3.39. The monoisotopic (exact) mass is 392 g/mol. The highest BCUT2D eigenvalue weighted by atomic mass is 16.1. The Hall–Kier alpha value is -3.49. The second-order valence-electron chi connectivity index (χ2n) is 6.87. The van der Waals surface area contributed by atoms with E-state index in [1.807, 2.05) is 55.5 Å². The Morgan fingerprint density at radius 2 is 2.00 bits per heavy atom. The second-order valence-corrected chi connectivity index (χ2v) is 6.87. The van der Waals surface area contributed by atoms with Gasteiger partial charge < -0.3 is 5.32 Å². The zero-order chi connectivity index (χ0) is 20.5. The third kappa shape index (κ3) is 3.39. The van der Waals surface area contributed by atoms with Crippen molar-refractivity contribution in [2.45, 2.75) is 47.3 Å². The number of fused-ring (bicyclic) bond motifs is 1. The average molecular weight is 392 g/mol. The molecule has 1 N–H and O–H groups in total. The zero-order valence-electron chi connectivity index (χ0n) is 17.0. The minimum atomic E-state index is -0.244. The maximum absolute atomic E-state index is 12.7. The summed E-state index contributed by atoms with van der Waals surface area (Å²) in [7, 11) is 0. The van der Waals surface area contributed by atoms with Crippen LogP contribution in [-0.4, -0.2) is 40.1 Å². The SMILES string of the molecule is CCn1cc(CNC(=O)c2cc3nccc(-c4cnn(CC)c4C)n3n2)c(C)n1. The molecule has 0 radical (unpaired) electrons. The van der Waals surface area contributed by atoms with Crippen molar-refractivity contribution in [2.75, 3.05) is 0 Å². The molecule has 4 rings (SSSR count). The van der Waals surface area contributed by atoms with Crippen LogP contribution in [0, 0.1) is 13.8 Å². The predicted octanol–water partition coefficient (Wildman–Crippen LogP) is 2.38. The van der Waals surface area contributed by atoms with Gasteiger partial charge in [0.15, 0.2) is 11.3 Å². The lowest BCUT2D eigenvalue weighted by atomic mass is 10.2. The molecule has 0 saturated heterocycles. The number of carbonyl (C=O) groups is 1. The van der Waals surface area contributed by atoms with E-state index in [9.17, 15) is 4.79 Å². The van der Waals surface area contributed by atoms with Crippen molar-refractivity contribution in [3.8, 4) is 11.3 Å². The molecule has 0 atom stereocenters.